The number of aromatic nitrogens is 1. The Morgan fingerprint density at radius 1 is 1.05 bits per heavy atom. The lowest BCUT2D eigenvalue weighted by molar-refractivity contribution is -0.143. The molecule has 1 heterocycles. The van der Waals surface area contributed by atoms with Crippen LogP contribution in [0.3, 0.4) is 0 Å². The van der Waals surface area contributed by atoms with Gasteiger partial charge in [-0.05, 0) is 17.9 Å². The van der Waals surface area contributed by atoms with E-state index in [9.17, 15) is 28.9 Å². The van der Waals surface area contributed by atoms with Gasteiger partial charge in [0.1, 0.15) is 16.1 Å². The van der Waals surface area contributed by atoms with Gasteiger partial charge < -0.3 is 20.3 Å². The molecule has 15 heteroatoms. The van der Waals surface area contributed by atoms with E-state index in [0.717, 1.165) is 19.3 Å². The highest BCUT2D eigenvalue weighted by molar-refractivity contribution is 7.50. The number of nitrogens with zero attached hydrogens (tertiary/aromatic N) is 1. The molecular weight excluding hydrogens is 576 g/mol. The van der Waals surface area contributed by atoms with Crippen LogP contribution in [0.5, 0.6) is 5.75 Å². The van der Waals surface area contributed by atoms with Crippen LogP contribution in [0.4, 0.5) is 0 Å². The third kappa shape index (κ3) is 16.2. The van der Waals surface area contributed by atoms with E-state index in [1.54, 1.807) is 6.92 Å². The fraction of sp³-hybridized carbons (Fsp3) is 0.731. The van der Waals surface area contributed by atoms with Gasteiger partial charge in [-0.2, -0.15) is 0 Å². The van der Waals surface area contributed by atoms with Crippen molar-refractivity contribution < 1.29 is 47.9 Å². The molecule has 0 aromatic carbocycles. The van der Waals surface area contributed by atoms with Crippen molar-refractivity contribution in [3.63, 3.8) is 0 Å². The van der Waals surface area contributed by atoms with Crippen molar-refractivity contribution in [2.45, 2.75) is 103 Å². The number of unbranched alkanes of at least 4 members (excludes halogenated alkanes) is 9. The first-order valence-electron chi connectivity index (χ1n) is 14.1. The predicted octanol–water partition coefficient (Wildman–Crippen LogP) is 4.92. The first-order valence-corrected chi connectivity index (χ1v) is 16.5. The van der Waals surface area contributed by atoms with Gasteiger partial charge in [0.25, 0.3) is 0 Å². The molecule has 0 aliphatic heterocycles. The van der Waals surface area contributed by atoms with Gasteiger partial charge >= 0.3 is 22.3 Å². The van der Waals surface area contributed by atoms with Crippen LogP contribution >= 0.6 is 16.3 Å². The predicted molar refractivity (Wildman–Crippen MR) is 152 cm³/mol. The molecule has 0 aliphatic carbocycles. The standard InChI is InChI=1S/C26H43N3O10P2/c1-3-4-5-6-7-8-9-10-11-12-15-37-24(31)13-14-27-26(33)23(18-30)29-17-22-21(16-28-20(2)25(22)32)19-40(35)39-41(36)38-34/h16,23,29-30H,3-15,17-19H2,1-2H3,(H-2,27,32,33,34)/p+2/t23-/m0/s1. The maximum Gasteiger partial charge on any atom is 0.775 e. The van der Waals surface area contributed by atoms with E-state index in [4.69, 9.17) is 9.99 Å². The summed E-state index contributed by atoms with van der Waals surface area (Å²) in [6.07, 6.45) is 12.9. The summed E-state index contributed by atoms with van der Waals surface area (Å²) in [7, 11) is -5.56. The molecule has 232 valence electrons. The molecule has 2 unspecified atom stereocenters. The van der Waals surface area contributed by atoms with Gasteiger partial charge in [0, 0.05) is 35.0 Å². The first kappa shape index (κ1) is 36.9. The number of nitrogens with one attached hydrogen (secondary N) is 2. The number of carbonyl (C=O) groups is 2. The van der Waals surface area contributed by atoms with Gasteiger partial charge in [0.2, 0.25) is 12.1 Å². The number of aryl methyl sites for hydroxylation is 1. The number of rotatable bonds is 24. The van der Waals surface area contributed by atoms with Crippen molar-refractivity contribution in [2.24, 2.45) is 0 Å². The quantitative estimate of drug-likeness (QED) is 0.0344. The van der Waals surface area contributed by atoms with Crippen LogP contribution in [-0.4, -0.2) is 58.1 Å². The summed E-state index contributed by atoms with van der Waals surface area (Å²) in [6, 6.07) is -1.07. The number of hydrogen-bond donors (Lipinski definition) is 5. The van der Waals surface area contributed by atoms with Crippen molar-refractivity contribution in [3.05, 3.63) is 23.0 Å². The van der Waals surface area contributed by atoms with E-state index in [1.807, 2.05) is 0 Å². The molecule has 0 saturated carbocycles. The fourth-order valence-electron chi connectivity index (χ4n) is 4.00. The molecule has 0 radical (unpaired) electrons. The minimum atomic E-state index is -2.98. The lowest BCUT2D eigenvalue weighted by atomic mass is 10.1. The topological polar surface area (TPSA) is 194 Å². The summed E-state index contributed by atoms with van der Waals surface area (Å²) in [5.74, 6) is -1.20. The largest absolute Gasteiger partial charge is 0.775 e. The summed E-state index contributed by atoms with van der Waals surface area (Å²) >= 11 is 0. The molecule has 0 saturated heterocycles. The molecule has 1 aromatic heterocycles. The molecule has 0 aliphatic rings. The zero-order valence-electron chi connectivity index (χ0n) is 24.0. The normalized spacial score (nSPS) is 12.6. The second-order valence-corrected chi connectivity index (χ2v) is 11.9. The van der Waals surface area contributed by atoms with E-state index in [0.29, 0.717) is 6.61 Å². The van der Waals surface area contributed by atoms with Gasteiger partial charge in [0.05, 0.1) is 30.0 Å². The van der Waals surface area contributed by atoms with E-state index in [-0.39, 0.29) is 48.2 Å². The SMILES string of the molecule is CCCCCCCCCCCCOC(=O)CCNC(=O)[C@H](CO)NCc1c(C[P+](=O)O[P+](=O)OO)cnc(C)c1O. The zero-order chi connectivity index (χ0) is 30.5. The second-order valence-electron chi connectivity index (χ2n) is 9.63. The Balaban J connectivity index is 2.37. The van der Waals surface area contributed by atoms with E-state index in [2.05, 4.69) is 31.5 Å². The fourth-order valence-corrected chi connectivity index (χ4v) is 5.49. The summed E-state index contributed by atoms with van der Waals surface area (Å²) in [4.78, 5) is 28.5. The summed E-state index contributed by atoms with van der Waals surface area (Å²) < 4.78 is 36.4. The number of esters is 1. The molecule has 0 bridgehead atoms. The molecular formula is C26H45N3O10P2+2. The lowest BCUT2D eigenvalue weighted by Crippen LogP contribution is -2.46. The number of carbonyl (C=O) groups excluding carboxylic acids is 2. The van der Waals surface area contributed by atoms with Crippen molar-refractivity contribution >= 4 is 28.2 Å². The van der Waals surface area contributed by atoms with E-state index >= 15 is 0 Å². The minimum absolute atomic E-state index is 0.0109. The molecule has 0 spiro atoms. The van der Waals surface area contributed by atoms with Gasteiger partial charge in [-0.25, -0.2) is 5.26 Å². The molecule has 1 aromatic rings. The Bertz CT molecular complexity index is 968. The number of aromatic hydroxyl groups is 1. The smallest absolute Gasteiger partial charge is 0.506 e. The van der Waals surface area contributed by atoms with Crippen molar-refractivity contribution in [3.8, 4) is 5.75 Å². The van der Waals surface area contributed by atoms with Crippen LogP contribution in [-0.2, 0) is 45.1 Å². The van der Waals surface area contributed by atoms with E-state index < -0.39 is 40.8 Å². The number of aliphatic hydroxyl groups is 1. The van der Waals surface area contributed by atoms with Crippen LogP contribution in [0, 0.1) is 6.92 Å². The zero-order valence-corrected chi connectivity index (χ0v) is 25.8. The average molecular weight is 622 g/mol. The highest BCUT2D eigenvalue weighted by Crippen LogP contribution is 2.42. The molecule has 1 amide bonds. The van der Waals surface area contributed by atoms with Crippen LogP contribution in [0.25, 0.3) is 0 Å². The number of aliphatic hydroxyl groups excluding tert-OH is 1. The molecule has 5 N–H and O–H groups in total. The van der Waals surface area contributed by atoms with Gasteiger partial charge in [-0.3, -0.25) is 19.9 Å². The maximum atomic E-state index is 12.5. The Hall–Kier alpha value is -2.11. The van der Waals surface area contributed by atoms with Crippen molar-refractivity contribution in [1.29, 1.82) is 0 Å². The summed E-state index contributed by atoms with van der Waals surface area (Å²) in [5.41, 5.74) is 0.782. The number of hydrogen-bond acceptors (Lipinski definition) is 12. The summed E-state index contributed by atoms with van der Waals surface area (Å²) in [5, 5.41) is 33.8. The Morgan fingerprint density at radius 3 is 2.29 bits per heavy atom. The number of amides is 1. The third-order valence-corrected chi connectivity index (χ3v) is 8.36. The third-order valence-electron chi connectivity index (χ3n) is 6.37. The molecule has 3 atom stereocenters. The molecule has 1 rings (SSSR count). The molecule has 13 nitrogen and oxygen atoms in total. The van der Waals surface area contributed by atoms with Crippen LogP contribution in [0.1, 0.15) is 94.4 Å². The first-order chi connectivity index (χ1) is 19.7. The lowest BCUT2D eigenvalue weighted by Gasteiger charge is -2.18. The van der Waals surface area contributed by atoms with Gasteiger partial charge in [0.15, 0.2) is 0 Å². The van der Waals surface area contributed by atoms with Gasteiger partial charge in [-0.15, -0.1) is 0 Å². The highest BCUT2D eigenvalue weighted by atomic mass is 31.2. The number of ether oxygens (including phenoxy) is 1. The number of pyridine rings is 1. The van der Waals surface area contributed by atoms with E-state index in [1.165, 1.54) is 51.1 Å². The highest BCUT2D eigenvalue weighted by Gasteiger charge is 2.38. The van der Waals surface area contributed by atoms with Crippen LogP contribution in [0.2, 0.25) is 0 Å². The van der Waals surface area contributed by atoms with Crippen LogP contribution in [0.15, 0.2) is 6.20 Å². The monoisotopic (exact) mass is 621 g/mol. The average Bonchev–Trinajstić information content (AvgIpc) is 2.95. The minimum Gasteiger partial charge on any atom is -0.506 e. The molecule has 41 heavy (non-hydrogen) atoms. The Kier molecular flexibility index (Phi) is 20.2. The maximum absolute atomic E-state index is 12.5. The molecule has 0 fully saturated rings. The van der Waals surface area contributed by atoms with Crippen molar-refractivity contribution in [2.75, 3.05) is 19.8 Å². The van der Waals surface area contributed by atoms with Gasteiger partial charge in [-0.1, -0.05) is 64.7 Å². The second kappa shape index (κ2) is 22.5. The Morgan fingerprint density at radius 2 is 1.68 bits per heavy atom. The van der Waals surface area contributed by atoms with Crippen LogP contribution < -0.4 is 10.6 Å². The Labute approximate surface area is 243 Å². The van der Waals surface area contributed by atoms with Crippen molar-refractivity contribution in [1.82, 2.24) is 15.6 Å². The summed E-state index contributed by atoms with van der Waals surface area (Å²) in [6.45, 7) is 3.45.